The van der Waals surface area contributed by atoms with Gasteiger partial charge in [0.15, 0.2) is 0 Å². The number of esters is 1. The fraction of sp³-hybridized carbons (Fsp3) is 0.0870. The van der Waals surface area contributed by atoms with Crippen LogP contribution in [0.2, 0.25) is 0 Å². The van der Waals surface area contributed by atoms with E-state index in [2.05, 4.69) is 26.5 Å². The van der Waals surface area contributed by atoms with Gasteiger partial charge in [0.25, 0.3) is 11.6 Å². The van der Waals surface area contributed by atoms with Crippen molar-refractivity contribution in [3.63, 3.8) is 0 Å². The molecule has 0 aliphatic rings. The van der Waals surface area contributed by atoms with Crippen LogP contribution in [0.3, 0.4) is 0 Å². The van der Waals surface area contributed by atoms with Gasteiger partial charge >= 0.3 is 5.97 Å². The van der Waals surface area contributed by atoms with E-state index in [-0.39, 0.29) is 17.0 Å². The average molecular weight is 512 g/mol. The van der Waals surface area contributed by atoms with Gasteiger partial charge in [-0.1, -0.05) is 15.9 Å². The van der Waals surface area contributed by atoms with Gasteiger partial charge in [0.05, 0.1) is 23.3 Å². The van der Waals surface area contributed by atoms with E-state index in [1.54, 1.807) is 42.5 Å². The van der Waals surface area contributed by atoms with E-state index in [9.17, 15) is 19.7 Å². The number of nitrogens with one attached hydrogen (secondary N) is 1. The van der Waals surface area contributed by atoms with E-state index < -0.39 is 16.8 Å². The topological polar surface area (TPSA) is 120 Å². The number of nitro benzene ring substituents is 1. The van der Waals surface area contributed by atoms with Crippen LogP contribution in [0.15, 0.2) is 76.3 Å². The Morgan fingerprint density at radius 3 is 2.36 bits per heavy atom. The summed E-state index contributed by atoms with van der Waals surface area (Å²) in [6.07, 6.45) is 1.33. The Morgan fingerprint density at radius 1 is 1.06 bits per heavy atom. The van der Waals surface area contributed by atoms with E-state index in [4.69, 9.17) is 9.47 Å². The first-order valence-electron chi connectivity index (χ1n) is 9.70. The predicted octanol–water partition coefficient (Wildman–Crippen LogP) is 4.74. The summed E-state index contributed by atoms with van der Waals surface area (Å²) in [5.74, 6) is -0.228. The summed E-state index contributed by atoms with van der Waals surface area (Å²) in [4.78, 5) is 34.9. The molecule has 3 aromatic rings. The number of hydrazone groups is 1. The van der Waals surface area contributed by atoms with Gasteiger partial charge < -0.3 is 9.47 Å². The molecule has 10 heteroatoms. The quantitative estimate of drug-likeness (QED) is 0.153. The number of carbonyl (C=O) groups is 2. The maximum absolute atomic E-state index is 12.5. The molecule has 0 saturated carbocycles. The molecule has 0 atom stereocenters. The van der Waals surface area contributed by atoms with Crippen molar-refractivity contribution in [2.75, 3.05) is 6.61 Å². The van der Waals surface area contributed by atoms with Gasteiger partial charge in [0.1, 0.15) is 11.5 Å². The maximum Gasteiger partial charge on any atom is 0.343 e. The minimum Gasteiger partial charge on any atom is -0.494 e. The molecule has 0 aliphatic carbocycles. The number of non-ortho nitro benzene ring substituents is 1. The van der Waals surface area contributed by atoms with Crippen molar-refractivity contribution < 1.29 is 24.0 Å². The molecule has 9 nitrogen and oxygen atoms in total. The second kappa shape index (κ2) is 11.0. The third-order valence-electron chi connectivity index (χ3n) is 4.29. The highest BCUT2D eigenvalue weighted by Gasteiger charge is 2.13. The molecular formula is C23H18BrN3O6. The predicted molar refractivity (Wildman–Crippen MR) is 125 cm³/mol. The van der Waals surface area contributed by atoms with Crippen molar-refractivity contribution in [1.29, 1.82) is 0 Å². The molecule has 0 heterocycles. The number of carbonyl (C=O) groups excluding carboxylic acids is 2. The summed E-state index contributed by atoms with van der Waals surface area (Å²) >= 11 is 3.35. The SMILES string of the molecule is CCOc1ccc(C(=O)Oc2ccc(Br)cc2/C=N/NC(=O)c2ccc([N+](=O)[O-])cc2)cc1. The highest BCUT2D eigenvalue weighted by molar-refractivity contribution is 9.10. The number of amides is 1. The molecule has 0 spiro atoms. The number of hydrogen-bond donors (Lipinski definition) is 1. The van der Waals surface area contributed by atoms with E-state index in [0.29, 0.717) is 28.0 Å². The van der Waals surface area contributed by atoms with Crippen molar-refractivity contribution in [1.82, 2.24) is 5.43 Å². The van der Waals surface area contributed by atoms with Gasteiger partial charge in [0, 0.05) is 27.7 Å². The van der Waals surface area contributed by atoms with Crippen molar-refractivity contribution in [3.8, 4) is 11.5 Å². The van der Waals surface area contributed by atoms with Crippen LogP contribution in [-0.2, 0) is 0 Å². The molecule has 1 N–H and O–H groups in total. The summed E-state index contributed by atoms with van der Waals surface area (Å²) in [6.45, 7) is 2.39. The molecule has 0 fully saturated rings. The molecular weight excluding hydrogens is 494 g/mol. The van der Waals surface area contributed by atoms with Gasteiger partial charge in [0.2, 0.25) is 0 Å². The normalized spacial score (nSPS) is 10.6. The minimum absolute atomic E-state index is 0.122. The Kier molecular flexibility index (Phi) is 7.87. The number of nitrogens with zero attached hydrogens (tertiary/aromatic N) is 2. The number of hydrogen-bond acceptors (Lipinski definition) is 7. The molecule has 168 valence electrons. The first-order chi connectivity index (χ1) is 15.9. The Morgan fingerprint density at radius 2 is 1.73 bits per heavy atom. The van der Waals surface area contributed by atoms with Crippen LogP contribution in [0.25, 0.3) is 0 Å². The van der Waals surface area contributed by atoms with Crippen molar-refractivity contribution in [2.24, 2.45) is 5.10 Å². The zero-order valence-electron chi connectivity index (χ0n) is 17.4. The van der Waals surface area contributed by atoms with Crippen LogP contribution in [0, 0.1) is 10.1 Å². The van der Waals surface area contributed by atoms with Crippen LogP contribution >= 0.6 is 15.9 Å². The van der Waals surface area contributed by atoms with Gasteiger partial charge in [-0.15, -0.1) is 0 Å². The zero-order chi connectivity index (χ0) is 23.8. The van der Waals surface area contributed by atoms with Crippen LogP contribution < -0.4 is 14.9 Å². The number of halogens is 1. The van der Waals surface area contributed by atoms with E-state index in [0.717, 1.165) is 0 Å². The monoisotopic (exact) mass is 511 g/mol. The molecule has 0 radical (unpaired) electrons. The smallest absolute Gasteiger partial charge is 0.343 e. The molecule has 1 amide bonds. The second-order valence-corrected chi connectivity index (χ2v) is 7.45. The van der Waals surface area contributed by atoms with Gasteiger partial charge in [-0.05, 0) is 61.5 Å². The molecule has 3 aromatic carbocycles. The molecule has 33 heavy (non-hydrogen) atoms. The molecule has 0 unspecified atom stereocenters. The van der Waals surface area contributed by atoms with Crippen LogP contribution in [0.5, 0.6) is 11.5 Å². The van der Waals surface area contributed by atoms with E-state index in [1.807, 2.05) is 6.92 Å². The Bertz CT molecular complexity index is 1190. The fourth-order valence-electron chi connectivity index (χ4n) is 2.69. The summed E-state index contributed by atoms with van der Waals surface area (Å²) in [7, 11) is 0. The fourth-order valence-corrected chi connectivity index (χ4v) is 3.06. The van der Waals surface area contributed by atoms with Crippen molar-refractivity contribution in [2.45, 2.75) is 6.92 Å². The van der Waals surface area contributed by atoms with Gasteiger partial charge in [-0.25, -0.2) is 10.2 Å². The summed E-state index contributed by atoms with van der Waals surface area (Å²) in [5, 5.41) is 14.6. The Labute approximate surface area is 197 Å². The van der Waals surface area contributed by atoms with Crippen molar-refractivity contribution in [3.05, 3.63) is 98.0 Å². The van der Waals surface area contributed by atoms with E-state index in [1.165, 1.54) is 30.5 Å². The first-order valence-corrected chi connectivity index (χ1v) is 10.5. The largest absolute Gasteiger partial charge is 0.494 e. The number of ether oxygens (including phenoxy) is 2. The van der Waals surface area contributed by atoms with Crippen LogP contribution in [-0.4, -0.2) is 29.6 Å². The first kappa shape index (κ1) is 23.6. The van der Waals surface area contributed by atoms with Crippen LogP contribution in [0.4, 0.5) is 5.69 Å². The van der Waals surface area contributed by atoms with Gasteiger partial charge in [-0.3, -0.25) is 14.9 Å². The number of rotatable bonds is 8. The molecule has 3 rings (SSSR count). The second-order valence-electron chi connectivity index (χ2n) is 6.53. The lowest BCUT2D eigenvalue weighted by atomic mass is 10.2. The van der Waals surface area contributed by atoms with Crippen LogP contribution in [0.1, 0.15) is 33.2 Å². The summed E-state index contributed by atoms with van der Waals surface area (Å²) in [5.41, 5.74) is 3.20. The lowest BCUT2D eigenvalue weighted by molar-refractivity contribution is -0.384. The number of nitro groups is 1. The lowest BCUT2D eigenvalue weighted by Crippen LogP contribution is -2.17. The maximum atomic E-state index is 12.5. The summed E-state index contributed by atoms with van der Waals surface area (Å²) in [6, 6.07) is 16.6. The zero-order valence-corrected chi connectivity index (χ0v) is 18.9. The third kappa shape index (κ3) is 6.47. The number of benzene rings is 3. The molecule has 0 aromatic heterocycles. The molecule has 0 saturated heterocycles. The highest BCUT2D eigenvalue weighted by atomic mass is 79.9. The Balaban J connectivity index is 1.70. The highest BCUT2D eigenvalue weighted by Crippen LogP contribution is 2.23. The van der Waals surface area contributed by atoms with Crippen molar-refractivity contribution >= 4 is 39.7 Å². The molecule has 0 bridgehead atoms. The van der Waals surface area contributed by atoms with E-state index >= 15 is 0 Å². The average Bonchev–Trinajstić information content (AvgIpc) is 2.81. The van der Waals surface area contributed by atoms with Gasteiger partial charge in [-0.2, -0.15) is 5.10 Å². The Hall–Kier alpha value is -4.05. The lowest BCUT2D eigenvalue weighted by Gasteiger charge is -2.09. The standard InChI is InChI=1S/C23H18BrN3O6/c1-2-32-20-10-5-16(6-11-20)23(29)33-21-12-7-18(24)13-17(21)14-25-26-22(28)15-3-8-19(9-4-15)27(30)31/h3-14H,2H2,1H3,(H,26,28)/b25-14+. The third-order valence-corrected chi connectivity index (χ3v) is 4.78. The minimum atomic E-state index is -0.565. The molecule has 0 aliphatic heterocycles. The summed E-state index contributed by atoms with van der Waals surface area (Å²) < 4.78 is 11.6.